The molecule has 0 fully saturated rings. The standard InChI is InChI=1S/C23H22F3N5O2S/c1-3-15-7-9-16(10-8-15)28-21(33)31-20(32)13-34-22-29-18(23(24,25)26)12-19(30-22)27-17-6-4-5-14(2)11-17/h4-12H,3,13H2,1-2H3,(H,27,29,30)(H2,28,31,32,33). The Morgan fingerprint density at radius 3 is 2.38 bits per heavy atom. The molecule has 0 bridgehead atoms. The summed E-state index contributed by atoms with van der Waals surface area (Å²) >= 11 is 0.686. The van der Waals surface area contributed by atoms with Crippen molar-refractivity contribution in [3.8, 4) is 0 Å². The van der Waals surface area contributed by atoms with E-state index in [1.807, 2.05) is 32.0 Å². The van der Waals surface area contributed by atoms with Crippen molar-refractivity contribution in [3.05, 3.63) is 71.4 Å². The van der Waals surface area contributed by atoms with Gasteiger partial charge in [0.1, 0.15) is 5.82 Å². The molecule has 11 heteroatoms. The summed E-state index contributed by atoms with van der Waals surface area (Å²) < 4.78 is 40.0. The smallest absolute Gasteiger partial charge is 0.340 e. The number of imide groups is 1. The van der Waals surface area contributed by atoms with E-state index >= 15 is 0 Å². The maximum Gasteiger partial charge on any atom is 0.433 e. The molecular formula is C23H22F3N5O2S. The lowest BCUT2D eigenvalue weighted by molar-refractivity contribution is -0.141. The van der Waals surface area contributed by atoms with E-state index in [1.165, 1.54) is 0 Å². The van der Waals surface area contributed by atoms with Crippen LogP contribution in [-0.2, 0) is 17.4 Å². The predicted molar refractivity (Wildman–Crippen MR) is 125 cm³/mol. The molecule has 0 radical (unpaired) electrons. The van der Waals surface area contributed by atoms with E-state index in [1.54, 1.807) is 30.3 Å². The highest BCUT2D eigenvalue weighted by atomic mass is 32.2. The summed E-state index contributed by atoms with van der Waals surface area (Å²) in [6.07, 6.45) is -3.85. The summed E-state index contributed by atoms with van der Waals surface area (Å²) in [4.78, 5) is 31.7. The maximum atomic E-state index is 13.3. The lowest BCUT2D eigenvalue weighted by Gasteiger charge is -2.12. The first-order valence-electron chi connectivity index (χ1n) is 10.2. The lowest BCUT2D eigenvalue weighted by Crippen LogP contribution is -2.35. The summed E-state index contributed by atoms with van der Waals surface area (Å²) in [6.45, 7) is 3.85. The van der Waals surface area contributed by atoms with Crippen LogP contribution in [0.2, 0.25) is 0 Å². The van der Waals surface area contributed by atoms with Gasteiger partial charge in [-0.25, -0.2) is 14.8 Å². The molecule has 0 aliphatic heterocycles. The zero-order chi connectivity index (χ0) is 24.7. The van der Waals surface area contributed by atoms with Crippen LogP contribution < -0.4 is 16.0 Å². The van der Waals surface area contributed by atoms with Crippen molar-refractivity contribution in [1.82, 2.24) is 15.3 Å². The number of rotatable bonds is 7. The van der Waals surface area contributed by atoms with E-state index in [0.29, 0.717) is 23.1 Å². The Labute approximate surface area is 198 Å². The fourth-order valence-corrected chi connectivity index (χ4v) is 3.51. The average molecular weight is 490 g/mol. The van der Waals surface area contributed by atoms with Gasteiger partial charge in [-0.05, 0) is 48.7 Å². The summed E-state index contributed by atoms with van der Waals surface area (Å²) in [7, 11) is 0. The van der Waals surface area contributed by atoms with Gasteiger partial charge < -0.3 is 10.6 Å². The molecule has 1 heterocycles. The van der Waals surface area contributed by atoms with Crippen LogP contribution in [0.15, 0.2) is 59.8 Å². The topological polar surface area (TPSA) is 96.0 Å². The number of nitrogens with zero attached hydrogens (tertiary/aromatic N) is 2. The van der Waals surface area contributed by atoms with Crippen molar-refractivity contribution in [3.63, 3.8) is 0 Å². The molecule has 0 aliphatic carbocycles. The second-order valence-electron chi connectivity index (χ2n) is 7.25. The van der Waals surface area contributed by atoms with E-state index < -0.39 is 23.8 Å². The van der Waals surface area contributed by atoms with Gasteiger partial charge in [-0.15, -0.1) is 0 Å². The number of alkyl halides is 3. The van der Waals surface area contributed by atoms with Crippen molar-refractivity contribution < 1.29 is 22.8 Å². The van der Waals surface area contributed by atoms with Gasteiger partial charge in [-0.3, -0.25) is 10.1 Å². The third kappa shape index (κ3) is 7.48. The minimum atomic E-state index is -4.70. The molecule has 0 aliphatic rings. The van der Waals surface area contributed by atoms with Gasteiger partial charge in [-0.1, -0.05) is 43.0 Å². The molecule has 178 valence electrons. The third-order valence-electron chi connectivity index (χ3n) is 4.49. The number of hydrogen-bond donors (Lipinski definition) is 3. The Morgan fingerprint density at radius 1 is 1.00 bits per heavy atom. The van der Waals surface area contributed by atoms with E-state index in [4.69, 9.17) is 0 Å². The first-order chi connectivity index (χ1) is 16.1. The highest BCUT2D eigenvalue weighted by Gasteiger charge is 2.34. The Balaban J connectivity index is 1.63. The van der Waals surface area contributed by atoms with Crippen molar-refractivity contribution in [2.45, 2.75) is 31.6 Å². The van der Waals surface area contributed by atoms with Crippen LogP contribution in [-0.4, -0.2) is 27.7 Å². The van der Waals surface area contributed by atoms with E-state index in [0.717, 1.165) is 23.6 Å². The SMILES string of the molecule is CCc1ccc(NC(=O)NC(=O)CSc2nc(Nc3cccc(C)c3)cc(C(F)(F)F)n2)cc1. The van der Waals surface area contributed by atoms with Crippen molar-refractivity contribution >= 4 is 40.9 Å². The van der Waals surface area contributed by atoms with E-state index in [-0.39, 0.29) is 16.7 Å². The number of aromatic nitrogens is 2. The number of halogens is 3. The first kappa shape index (κ1) is 25.0. The molecule has 1 aromatic heterocycles. The highest BCUT2D eigenvalue weighted by molar-refractivity contribution is 7.99. The molecule has 0 atom stereocenters. The van der Waals surface area contributed by atoms with Crippen LogP contribution in [0.4, 0.5) is 35.2 Å². The van der Waals surface area contributed by atoms with Gasteiger partial charge in [0.05, 0.1) is 5.75 Å². The molecule has 0 saturated carbocycles. The zero-order valence-electron chi connectivity index (χ0n) is 18.4. The van der Waals surface area contributed by atoms with Gasteiger partial charge in [0, 0.05) is 17.4 Å². The summed E-state index contributed by atoms with van der Waals surface area (Å²) in [6, 6.07) is 14.2. The number of nitrogens with one attached hydrogen (secondary N) is 3. The summed E-state index contributed by atoms with van der Waals surface area (Å²) in [5.41, 5.74) is 1.93. The molecular weight excluding hydrogens is 467 g/mol. The van der Waals surface area contributed by atoms with Crippen molar-refractivity contribution in [2.75, 3.05) is 16.4 Å². The second-order valence-corrected chi connectivity index (χ2v) is 8.20. The quantitative estimate of drug-likeness (QED) is 0.298. The Morgan fingerprint density at radius 2 is 1.74 bits per heavy atom. The number of thioether (sulfide) groups is 1. The molecule has 2 aromatic carbocycles. The molecule has 34 heavy (non-hydrogen) atoms. The Kier molecular flexibility index (Phi) is 8.11. The van der Waals surface area contributed by atoms with Crippen LogP contribution in [0.1, 0.15) is 23.7 Å². The molecule has 3 N–H and O–H groups in total. The largest absolute Gasteiger partial charge is 0.433 e. The van der Waals surface area contributed by atoms with Crippen molar-refractivity contribution in [1.29, 1.82) is 0 Å². The number of aryl methyl sites for hydroxylation is 2. The number of amides is 3. The van der Waals surface area contributed by atoms with Gasteiger partial charge in [0.15, 0.2) is 10.9 Å². The van der Waals surface area contributed by atoms with Crippen LogP contribution >= 0.6 is 11.8 Å². The third-order valence-corrected chi connectivity index (χ3v) is 5.34. The minimum Gasteiger partial charge on any atom is -0.340 e. The monoisotopic (exact) mass is 489 g/mol. The van der Waals surface area contributed by atoms with Gasteiger partial charge >= 0.3 is 12.2 Å². The number of benzene rings is 2. The highest BCUT2D eigenvalue weighted by Crippen LogP contribution is 2.31. The minimum absolute atomic E-state index is 0.0656. The molecule has 3 rings (SSSR count). The van der Waals surface area contributed by atoms with Crippen LogP contribution in [0.5, 0.6) is 0 Å². The number of hydrogen-bond acceptors (Lipinski definition) is 6. The fraction of sp³-hybridized carbons (Fsp3) is 0.217. The van der Waals surface area contributed by atoms with Gasteiger partial charge in [0.25, 0.3) is 0 Å². The maximum absolute atomic E-state index is 13.3. The van der Waals surface area contributed by atoms with Crippen LogP contribution in [0.25, 0.3) is 0 Å². The number of carbonyl (C=O) groups excluding carboxylic acids is 2. The molecule has 3 amide bonds. The van der Waals surface area contributed by atoms with Gasteiger partial charge in [-0.2, -0.15) is 13.2 Å². The number of carbonyl (C=O) groups is 2. The molecule has 0 unspecified atom stereocenters. The Bertz CT molecular complexity index is 1170. The zero-order valence-corrected chi connectivity index (χ0v) is 19.2. The Hall–Kier alpha value is -3.60. The van der Waals surface area contributed by atoms with Crippen LogP contribution in [0.3, 0.4) is 0 Å². The molecule has 0 spiro atoms. The van der Waals surface area contributed by atoms with Crippen molar-refractivity contribution in [2.24, 2.45) is 0 Å². The fourth-order valence-electron chi connectivity index (χ4n) is 2.85. The average Bonchev–Trinajstić information content (AvgIpc) is 2.77. The number of urea groups is 1. The summed E-state index contributed by atoms with van der Waals surface area (Å²) in [5.74, 6) is -1.13. The lowest BCUT2D eigenvalue weighted by atomic mass is 10.1. The van der Waals surface area contributed by atoms with E-state index in [9.17, 15) is 22.8 Å². The van der Waals surface area contributed by atoms with Crippen LogP contribution in [0, 0.1) is 6.92 Å². The van der Waals surface area contributed by atoms with Gasteiger partial charge in [0.2, 0.25) is 5.91 Å². The second kappa shape index (κ2) is 11.0. The molecule has 0 saturated heterocycles. The summed E-state index contributed by atoms with van der Waals surface area (Å²) in [5, 5.41) is 7.22. The number of anilines is 3. The predicted octanol–water partition coefficient (Wildman–Crippen LogP) is 5.55. The first-order valence-corrected chi connectivity index (χ1v) is 11.2. The normalized spacial score (nSPS) is 11.1. The van der Waals surface area contributed by atoms with E-state index in [2.05, 4.69) is 25.9 Å². The molecule has 3 aromatic rings. The molecule has 7 nitrogen and oxygen atoms in total.